The van der Waals surface area contributed by atoms with Gasteiger partial charge in [-0.3, -0.25) is 0 Å². The third-order valence-electron chi connectivity index (χ3n) is 3.80. The molecule has 23 heavy (non-hydrogen) atoms. The van der Waals surface area contributed by atoms with Crippen molar-refractivity contribution in [2.75, 3.05) is 6.61 Å². The van der Waals surface area contributed by atoms with Crippen molar-refractivity contribution in [1.29, 1.82) is 0 Å². The summed E-state index contributed by atoms with van der Waals surface area (Å²) in [7, 11) is 0. The van der Waals surface area contributed by atoms with Gasteiger partial charge < -0.3 is 14.9 Å². The second-order valence-corrected chi connectivity index (χ2v) is 6.86. The first-order chi connectivity index (χ1) is 10.9. The van der Waals surface area contributed by atoms with Gasteiger partial charge in [0.05, 0.1) is 12.7 Å². The molecule has 0 saturated carbocycles. The predicted octanol–water partition coefficient (Wildman–Crippen LogP) is 3.46. The lowest BCUT2D eigenvalue weighted by Crippen LogP contribution is -2.19. The Morgan fingerprint density at radius 3 is 2.30 bits per heavy atom. The van der Waals surface area contributed by atoms with Crippen LogP contribution in [-0.2, 0) is 18.4 Å². The summed E-state index contributed by atoms with van der Waals surface area (Å²) in [5.41, 5.74) is 3.07. The molecule has 0 unspecified atom stereocenters. The minimum absolute atomic E-state index is 0.0633. The fraction of sp³-hybridized carbons (Fsp3) is 0.400. The van der Waals surface area contributed by atoms with Crippen LogP contribution in [-0.4, -0.2) is 22.9 Å². The van der Waals surface area contributed by atoms with Gasteiger partial charge in [-0.05, 0) is 22.1 Å². The molecule has 2 rings (SSSR count). The van der Waals surface area contributed by atoms with Gasteiger partial charge in [-0.2, -0.15) is 0 Å². The molecule has 0 aliphatic carbocycles. The average molecular weight is 314 g/mol. The summed E-state index contributed by atoms with van der Waals surface area (Å²) < 4.78 is 6.13. The number of ether oxygens (including phenoxy) is 1. The minimum Gasteiger partial charge on any atom is -0.488 e. The van der Waals surface area contributed by atoms with Crippen molar-refractivity contribution in [3.63, 3.8) is 0 Å². The van der Waals surface area contributed by atoms with Gasteiger partial charge in [-0.15, -0.1) is 0 Å². The van der Waals surface area contributed by atoms with Crippen LogP contribution >= 0.6 is 0 Å². The Kier molecular flexibility index (Phi) is 5.80. The van der Waals surface area contributed by atoms with E-state index >= 15 is 0 Å². The highest BCUT2D eigenvalue weighted by Gasteiger charge is 2.22. The number of benzene rings is 2. The standard InChI is InChI=1S/C20H26O3/c1-20(2,3)18-11-7-10-16(12-17(22)13-21)19(18)23-14-15-8-5-4-6-9-15/h4-11,17,21-22H,12-14H2,1-3H3/t17-/m1/s1. The average Bonchev–Trinajstić information content (AvgIpc) is 2.53. The van der Waals surface area contributed by atoms with E-state index in [2.05, 4.69) is 26.8 Å². The molecule has 2 aromatic carbocycles. The lowest BCUT2D eigenvalue weighted by Gasteiger charge is -2.25. The number of para-hydroxylation sites is 1. The van der Waals surface area contributed by atoms with Gasteiger partial charge in [0.2, 0.25) is 0 Å². The second kappa shape index (κ2) is 7.62. The topological polar surface area (TPSA) is 49.7 Å². The zero-order valence-electron chi connectivity index (χ0n) is 14.1. The van der Waals surface area contributed by atoms with Crippen LogP contribution in [0.2, 0.25) is 0 Å². The second-order valence-electron chi connectivity index (χ2n) is 6.86. The molecule has 0 aliphatic rings. The van der Waals surface area contributed by atoms with Crippen LogP contribution in [0.15, 0.2) is 48.5 Å². The number of aliphatic hydroxyl groups is 2. The van der Waals surface area contributed by atoms with Crippen LogP contribution in [0.3, 0.4) is 0 Å². The zero-order valence-corrected chi connectivity index (χ0v) is 14.1. The van der Waals surface area contributed by atoms with Gasteiger partial charge in [0, 0.05) is 6.42 Å². The summed E-state index contributed by atoms with van der Waals surface area (Å²) in [5, 5.41) is 18.9. The monoisotopic (exact) mass is 314 g/mol. The number of hydrogen-bond donors (Lipinski definition) is 2. The molecule has 0 bridgehead atoms. The van der Waals surface area contributed by atoms with Crippen LogP contribution in [0, 0.1) is 0 Å². The maximum absolute atomic E-state index is 9.81. The largest absolute Gasteiger partial charge is 0.488 e. The molecular weight excluding hydrogens is 288 g/mol. The normalized spacial score (nSPS) is 12.9. The van der Waals surface area contributed by atoms with E-state index in [1.807, 2.05) is 42.5 Å². The van der Waals surface area contributed by atoms with Crippen molar-refractivity contribution in [3.8, 4) is 5.75 Å². The lowest BCUT2D eigenvalue weighted by atomic mass is 9.84. The quantitative estimate of drug-likeness (QED) is 0.858. The van der Waals surface area contributed by atoms with Crippen LogP contribution < -0.4 is 4.74 Å². The Morgan fingerprint density at radius 2 is 1.70 bits per heavy atom. The van der Waals surface area contributed by atoms with Gasteiger partial charge in [0.15, 0.2) is 0 Å². The summed E-state index contributed by atoms with van der Waals surface area (Å²) in [6.45, 7) is 6.66. The molecule has 0 aliphatic heterocycles. The summed E-state index contributed by atoms with van der Waals surface area (Å²) in [6.07, 6.45) is -0.394. The molecule has 2 N–H and O–H groups in total. The molecule has 0 amide bonds. The highest BCUT2D eigenvalue weighted by Crippen LogP contribution is 2.35. The molecule has 3 heteroatoms. The van der Waals surface area contributed by atoms with E-state index in [0.29, 0.717) is 13.0 Å². The van der Waals surface area contributed by atoms with E-state index in [1.54, 1.807) is 0 Å². The van der Waals surface area contributed by atoms with Gasteiger partial charge in [0.1, 0.15) is 12.4 Å². The molecule has 0 fully saturated rings. The Morgan fingerprint density at radius 1 is 1.00 bits per heavy atom. The molecular formula is C20H26O3. The summed E-state index contributed by atoms with van der Waals surface area (Å²) >= 11 is 0. The van der Waals surface area contributed by atoms with Gasteiger partial charge in [-0.25, -0.2) is 0 Å². The van der Waals surface area contributed by atoms with Crippen molar-refractivity contribution >= 4 is 0 Å². The molecule has 1 atom stereocenters. The van der Waals surface area contributed by atoms with Crippen LogP contribution in [0.4, 0.5) is 0 Å². The molecule has 0 spiro atoms. The van der Waals surface area contributed by atoms with Crippen molar-refractivity contribution in [1.82, 2.24) is 0 Å². The molecule has 124 valence electrons. The van der Waals surface area contributed by atoms with Crippen molar-refractivity contribution < 1.29 is 14.9 Å². The Labute approximate surface area is 138 Å². The maximum Gasteiger partial charge on any atom is 0.126 e. The summed E-state index contributed by atoms with van der Waals surface area (Å²) in [6, 6.07) is 16.0. The first-order valence-electron chi connectivity index (χ1n) is 8.00. The molecule has 3 nitrogen and oxygen atoms in total. The first kappa shape index (κ1) is 17.5. The van der Waals surface area contributed by atoms with E-state index in [9.17, 15) is 5.11 Å². The Hall–Kier alpha value is -1.84. The molecule has 0 saturated heterocycles. The number of aliphatic hydroxyl groups excluding tert-OH is 2. The Balaban J connectivity index is 2.32. The van der Waals surface area contributed by atoms with E-state index in [0.717, 1.165) is 22.4 Å². The highest BCUT2D eigenvalue weighted by atomic mass is 16.5. The zero-order chi connectivity index (χ0) is 16.9. The lowest BCUT2D eigenvalue weighted by molar-refractivity contribution is 0.0946. The van der Waals surface area contributed by atoms with Crippen molar-refractivity contribution in [3.05, 3.63) is 65.2 Å². The fourth-order valence-electron chi connectivity index (χ4n) is 2.55. The van der Waals surface area contributed by atoms with E-state index in [4.69, 9.17) is 9.84 Å². The molecule has 0 aromatic heterocycles. The number of hydrogen-bond acceptors (Lipinski definition) is 3. The fourth-order valence-corrected chi connectivity index (χ4v) is 2.55. The SMILES string of the molecule is CC(C)(C)c1cccc(C[C@@H](O)CO)c1OCc1ccccc1. The molecule has 0 radical (unpaired) electrons. The van der Waals surface area contributed by atoms with E-state index in [1.165, 1.54) is 0 Å². The minimum atomic E-state index is -0.774. The molecule has 0 heterocycles. The van der Waals surface area contributed by atoms with Crippen LogP contribution in [0.1, 0.15) is 37.5 Å². The Bertz CT molecular complexity index is 615. The smallest absolute Gasteiger partial charge is 0.126 e. The van der Waals surface area contributed by atoms with Gasteiger partial charge in [0.25, 0.3) is 0 Å². The van der Waals surface area contributed by atoms with Crippen molar-refractivity contribution in [2.45, 2.75) is 45.3 Å². The predicted molar refractivity (Wildman–Crippen MR) is 92.7 cm³/mol. The van der Waals surface area contributed by atoms with E-state index in [-0.39, 0.29) is 12.0 Å². The highest BCUT2D eigenvalue weighted by molar-refractivity contribution is 5.45. The number of rotatable bonds is 6. The van der Waals surface area contributed by atoms with Gasteiger partial charge >= 0.3 is 0 Å². The molecule has 2 aromatic rings. The van der Waals surface area contributed by atoms with Crippen LogP contribution in [0.25, 0.3) is 0 Å². The third kappa shape index (κ3) is 4.81. The summed E-state index contributed by atoms with van der Waals surface area (Å²) in [4.78, 5) is 0. The van der Waals surface area contributed by atoms with Crippen LogP contribution in [0.5, 0.6) is 5.75 Å². The first-order valence-corrected chi connectivity index (χ1v) is 8.00. The van der Waals surface area contributed by atoms with Gasteiger partial charge in [-0.1, -0.05) is 69.3 Å². The third-order valence-corrected chi connectivity index (χ3v) is 3.80. The van der Waals surface area contributed by atoms with Crippen molar-refractivity contribution in [2.24, 2.45) is 0 Å². The summed E-state index contributed by atoms with van der Waals surface area (Å²) in [5.74, 6) is 0.816. The maximum atomic E-state index is 9.81. The van der Waals surface area contributed by atoms with E-state index < -0.39 is 6.10 Å².